The highest BCUT2D eigenvalue weighted by atomic mass is 16.1. The summed E-state index contributed by atoms with van der Waals surface area (Å²) >= 11 is 0. The summed E-state index contributed by atoms with van der Waals surface area (Å²) in [5, 5.41) is 0. The van der Waals surface area contributed by atoms with Crippen molar-refractivity contribution in [1.82, 2.24) is 4.90 Å². The molecular formula is C14H23NO. The Balaban J connectivity index is 1.66. The molecule has 1 unspecified atom stereocenters. The summed E-state index contributed by atoms with van der Waals surface area (Å²) in [6.45, 7) is 1.22. The van der Waals surface area contributed by atoms with Crippen LogP contribution < -0.4 is 0 Å². The largest absolute Gasteiger partial charge is 0.298 e. The highest BCUT2D eigenvalue weighted by Gasteiger charge is 2.39. The van der Waals surface area contributed by atoms with E-state index >= 15 is 0 Å². The summed E-state index contributed by atoms with van der Waals surface area (Å²) in [6, 6.07) is 1.07. The van der Waals surface area contributed by atoms with Crippen molar-refractivity contribution in [2.24, 2.45) is 5.92 Å². The number of carbonyl (C=O) groups excluding carboxylic acids is 1. The van der Waals surface area contributed by atoms with Crippen LogP contribution in [0.15, 0.2) is 0 Å². The lowest BCUT2D eigenvalue weighted by atomic mass is 10.0. The molecule has 0 saturated heterocycles. The second-order valence-electron chi connectivity index (χ2n) is 5.95. The summed E-state index contributed by atoms with van der Waals surface area (Å²) in [4.78, 5) is 14.7. The number of ketones is 1. The zero-order valence-corrected chi connectivity index (χ0v) is 10.2. The Morgan fingerprint density at radius 3 is 2.50 bits per heavy atom. The fourth-order valence-electron chi connectivity index (χ4n) is 3.03. The predicted octanol–water partition coefficient (Wildman–Crippen LogP) is 2.76. The van der Waals surface area contributed by atoms with Crippen LogP contribution in [0.2, 0.25) is 0 Å². The lowest BCUT2D eigenvalue weighted by Crippen LogP contribution is -2.43. The molecule has 0 aromatic rings. The van der Waals surface area contributed by atoms with Gasteiger partial charge < -0.3 is 0 Å². The maximum atomic E-state index is 12.1. The van der Waals surface area contributed by atoms with Crippen LogP contribution >= 0.6 is 0 Å². The molecule has 0 aliphatic heterocycles. The Morgan fingerprint density at radius 1 is 1.00 bits per heavy atom. The maximum Gasteiger partial charge on any atom is 0.149 e. The van der Waals surface area contributed by atoms with Crippen LogP contribution in [0.4, 0.5) is 0 Å². The van der Waals surface area contributed by atoms with Crippen LogP contribution in [0.5, 0.6) is 0 Å². The molecule has 2 nitrogen and oxygen atoms in total. The van der Waals surface area contributed by atoms with Crippen LogP contribution in [-0.2, 0) is 4.79 Å². The van der Waals surface area contributed by atoms with Gasteiger partial charge in [-0.05, 0) is 44.4 Å². The van der Waals surface area contributed by atoms with Crippen molar-refractivity contribution in [3.8, 4) is 0 Å². The molecule has 3 aliphatic rings. The third kappa shape index (κ3) is 2.48. The molecule has 3 aliphatic carbocycles. The van der Waals surface area contributed by atoms with Crippen molar-refractivity contribution in [3.05, 3.63) is 0 Å². The van der Waals surface area contributed by atoms with E-state index < -0.39 is 0 Å². The first-order valence-electron chi connectivity index (χ1n) is 7.13. The van der Waals surface area contributed by atoms with E-state index in [-0.39, 0.29) is 0 Å². The molecule has 2 heteroatoms. The number of carbonyl (C=O) groups is 1. The Hall–Kier alpha value is -0.370. The van der Waals surface area contributed by atoms with E-state index in [2.05, 4.69) is 4.90 Å². The minimum absolute atomic E-state index is 0.301. The molecule has 0 spiro atoms. The SMILES string of the molecule is O=C1CCCCCC1N(CC1CC1)C1CC1. The normalized spacial score (nSPS) is 31.8. The van der Waals surface area contributed by atoms with Gasteiger partial charge in [0.05, 0.1) is 6.04 Å². The van der Waals surface area contributed by atoms with Crippen LogP contribution in [0, 0.1) is 5.92 Å². The molecule has 3 fully saturated rings. The van der Waals surface area contributed by atoms with E-state index in [9.17, 15) is 4.79 Å². The van der Waals surface area contributed by atoms with Gasteiger partial charge in [-0.15, -0.1) is 0 Å². The average Bonchev–Trinajstić information content (AvgIpc) is 3.13. The van der Waals surface area contributed by atoms with E-state index in [4.69, 9.17) is 0 Å². The topological polar surface area (TPSA) is 20.3 Å². The van der Waals surface area contributed by atoms with Crippen LogP contribution in [-0.4, -0.2) is 29.3 Å². The molecule has 16 heavy (non-hydrogen) atoms. The first kappa shape index (κ1) is 10.8. The van der Waals surface area contributed by atoms with Gasteiger partial charge in [-0.2, -0.15) is 0 Å². The van der Waals surface area contributed by atoms with Crippen molar-refractivity contribution in [2.75, 3.05) is 6.54 Å². The third-order valence-corrected chi connectivity index (χ3v) is 4.35. The highest BCUT2D eigenvalue weighted by molar-refractivity contribution is 5.84. The van der Waals surface area contributed by atoms with Gasteiger partial charge in [0.2, 0.25) is 0 Å². The van der Waals surface area contributed by atoms with Crippen molar-refractivity contribution >= 4 is 5.78 Å². The molecule has 90 valence electrons. The minimum Gasteiger partial charge on any atom is -0.298 e. The molecule has 3 rings (SSSR count). The predicted molar refractivity (Wildman–Crippen MR) is 64.3 cm³/mol. The smallest absolute Gasteiger partial charge is 0.149 e. The number of hydrogen-bond acceptors (Lipinski definition) is 2. The van der Waals surface area contributed by atoms with Crippen LogP contribution in [0.3, 0.4) is 0 Å². The Labute approximate surface area is 98.4 Å². The third-order valence-electron chi connectivity index (χ3n) is 4.35. The zero-order chi connectivity index (χ0) is 11.0. The number of Topliss-reactive ketones (excluding diaryl/α,β-unsaturated/α-hetero) is 1. The number of nitrogens with zero attached hydrogens (tertiary/aromatic N) is 1. The van der Waals surface area contributed by atoms with E-state index in [0.29, 0.717) is 11.8 Å². The molecule has 0 N–H and O–H groups in total. The molecule has 0 heterocycles. The minimum atomic E-state index is 0.301. The Morgan fingerprint density at radius 2 is 1.81 bits per heavy atom. The van der Waals surface area contributed by atoms with Gasteiger partial charge in [-0.25, -0.2) is 0 Å². The van der Waals surface area contributed by atoms with Gasteiger partial charge in [0.25, 0.3) is 0 Å². The molecule has 0 aromatic carbocycles. The van der Waals surface area contributed by atoms with Gasteiger partial charge in [0.15, 0.2) is 0 Å². The fraction of sp³-hybridized carbons (Fsp3) is 0.929. The van der Waals surface area contributed by atoms with Crippen molar-refractivity contribution in [2.45, 2.75) is 69.9 Å². The van der Waals surface area contributed by atoms with E-state index in [0.717, 1.165) is 31.2 Å². The van der Waals surface area contributed by atoms with Crippen LogP contribution in [0.1, 0.15) is 57.8 Å². The molecule has 1 atom stereocenters. The quantitative estimate of drug-likeness (QED) is 0.680. The highest BCUT2D eigenvalue weighted by Crippen LogP contribution is 2.37. The standard InChI is InChI=1S/C14H23NO/c16-14-5-3-1-2-4-13(14)15(12-8-9-12)10-11-6-7-11/h11-13H,1-10H2. The summed E-state index contributed by atoms with van der Waals surface area (Å²) in [5.74, 6) is 1.47. The van der Waals surface area contributed by atoms with E-state index in [1.54, 1.807) is 0 Å². The summed E-state index contributed by atoms with van der Waals surface area (Å²) < 4.78 is 0. The second kappa shape index (κ2) is 4.48. The van der Waals surface area contributed by atoms with Gasteiger partial charge in [0, 0.05) is 19.0 Å². The van der Waals surface area contributed by atoms with E-state index in [1.165, 1.54) is 45.1 Å². The van der Waals surface area contributed by atoms with E-state index in [1.807, 2.05) is 0 Å². The first-order chi connectivity index (χ1) is 7.84. The molecule has 0 radical (unpaired) electrons. The van der Waals surface area contributed by atoms with Gasteiger partial charge in [-0.3, -0.25) is 9.69 Å². The second-order valence-corrected chi connectivity index (χ2v) is 5.95. The summed E-state index contributed by atoms with van der Waals surface area (Å²) in [7, 11) is 0. The lowest BCUT2D eigenvalue weighted by Gasteiger charge is -2.30. The molecule has 3 saturated carbocycles. The maximum absolute atomic E-state index is 12.1. The molecule has 0 aromatic heterocycles. The number of hydrogen-bond donors (Lipinski definition) is 0. The molecule has 0 bridgehead atoms. The molecule has 0 amide bonds. The van der Waals surface area contributed by atoms with Crippen molar-refractivity contribution in [1.29, 1.82) is 0 Å². The van der Waals surface area contributed by atoms with Gasteiger partial charge >= 0.3 is 0 Å². The monoisotopic (exact) mass is 221 g/mol. The lowest BCUT2D eigenvalue weighted by molar-refractivity contribution is -0.124. The van der Waals surface area contributed by atoms with Gasteiger partial charge in [-0.1, -0.05) is 12.8 Å². The summed E-state index contributed by atoms with van der Waals surface area (Å²) in [6.07, 6.45) is 11.2. The molecular weight excluding hydrogens is 198 g/mol. The zero-order valence-electron chi connectivity index (χ0n) is 10.2. The Kier molecular flexibility index (Phi) is 3.01. The van der Waals surface area contributed by atoms with Crippen LogP contribution in [0.25, 0.3) is 0 Å². The summed E-state index contributed by atoms with van der Waals surface area (Å²) in [5.41, 5.74) is 0. The fourth-order valence-corrected chi connectivity index (χ4v) is 3.03. The average molecular weight is 221 g/mol. The first-order valence-corrected chi connectivity index (χ1v) is 7.13. The Bertz CT molecular complexity index is 268. The number of rotatable bonds is 4. The van der Waals surface area contributed by atoms with Gasteiger partial charge in [0.1, 0.15) is 5.78 Å². The van der Waals surface area contributed by atoms with Crippen molar-refractivity contribution in [3.63, 3.8) is 0 Å². The van der Waals surface area contributed by atoms with Crippen molar-refractivity contribution < 1.29 is 4.79 Å².